The van der Waals surface area contributed by atoms with Gasteiger partial charge in [0, 0.05) is 18.1 Å². The SMILES string of the molecule is CCCCNC(=O)[C@H](CC)N(Cc1ccc(F)cc1)C(=O)CN(c1cccc(Cl)c1C)S(=O)(=O)c1ccc(C)cc1. The topological polar surface area (TPSA) is 86.8 Å². The first kappa shape index (κ1) is 32.1. The molecule has 2 amide bonds. The lowest BCUT2D eigenvalue weighted by Gasteiger charge is -2.33. The number of aryl methyl sites for hydroxylation is 1. The first-order valence-corrected chi connectivity index (χ1v) is 15.5. The van der Waals surface area contributed by atoms with E-state index < -0.39 is 34.3 Å². The predicted octanol–water partition coefficient (Wildman–Crippen LogP) is 6.01. The number of hydrogen-bond donors (Lipinski definition) is 1. The van der Waals surface area contributed by atoms with E-state index in [9.17, 15) is 22.4 Å². The summed E-state index contributed by atoms with van der Waals surface area (Å²) in [5.41, 5.74) is 2.24. The first-order valence-electron chi connectivity index (χ1n) is 13.7. The zero-order valence-electron chi connectivity index (χ0n) is 23.9. The Morgan fingerprint density at radius 3 is 2.24 bits per heavy atom. The Bertz CT molecular complexity index is 1450. The van der Waals surface area contributed by atoms with Crippen LogP contribution in [0.3, 0.4) is 0 Å². The molecule has 0 bridgehead atoms. The van der Waals surface area contributed by atoms with Crippen molar-refractivity contribution in [1.29, 1.82) is 0 Å². The zero-order chi connectivity index (χ0) is 30.2. The second kappa shape index (κ2) is 14.5. The summed E-state index contributed by atoms with van der Waals surface area (Å²) in [6.07, 6.45) is 1.97. The van der Waals surface area contributed by atoms with E-state index in [1.807, 2.05) is 13.8 Å². The first-order chi connectivity index (χ1) is 19.5. The van der Waals surface area contributed by atoms with Crippen LogP contribution in [0.5, 0.6) is 0 Å². The monoisotopic (exact) mass is 601 g/mol. The number of amides is 2. The number of nitrogens with one attached hydrogen (secondary N) is 1. The van der Waals surface area contributed by atoms with Crippen LogP contribution in [0, 0.1) is 19.7 Å². The van der Waals surface area contributed by atoms with Crippen LogP contribution in [0.2, 0.25) is 5.02 Å². The number of nitrogens with zero attached hydrogens (tertiary/aromatic N) is 2. The highest BCUT2D eigenvalue weighted by atomic mass is 35.5. The third kappa shape index (κ3) is 8.07. The smallest absolute Gasteiger partial charge is 0.264 e. The summed E-state index contributed by atoms with van der Waals surface area (Å²) in [7, 11) is -4.21. The van der Waals surface area contributed by atoms with E-state index in [0.717, 1.165) is 22.7 Å². The quantitative estimate of drug-likeness (QED) is 0.243. The summed E-state index contributed by atoms with van der Waals surface area (Å²) in [5, 5.41) is 3.24. The van der Waals surface area contributed by atoms with E-state index in [1.54, 1.807) is 56.3 Å². The molecule has 41 heavy (non-hydrogen) atoms. The fraction of sp³-hybridized carbons (Fsp3) is 0.355. The van der Waals surface area contributed by atoms with Crippen molar-refractivity contribution in [3.8, 4) is 0 Å². The average molecular weight is 602 g/mol. The number of anilines is 1. The Morgan fingerprint density at radius 1 is 0.976 bits per heavy atom. The van der Waals surface area contributed by atoms with Crippen LogP contribution < -0.4 is 9.62 Å². The average Bonchev–Trinajstić information content (AvgIpc) is 2.94. The molecular weight excluding hydrogens is 565 g/mol. The van der Waals surface area contributed by atoms with Crippen LogP contribution in [-0.2, 0) is 26.2 Å². The Balaban J connectivity index is 2.07. The lowest BCUT2D eigenvalue weighted by atomic mass is 10.1. The maximum atomic E-state index is 14.1. The minimum absolute atomic E-state index is 0.00817. The van der Waals surface area contributed by atoms with Crippen molar-refractivity contribution >= 4 is 39.1 Å². The standard InChI is InChI=1S/C31H37ClFN3O4S/c1-5-7-19-34-31(38)28(6-2)35(20-24-13-15-25(33)16-14-24)30(37)21-36(29-10-8-9-27(32)23(29)4)41(39,40)26-17-11-22(3)12-18-26/h8-18,28H,5-7,19-21H2,1-4H3,(H,34,38)/t28-/m0/s1. The predicted molar refractivity (Wildman–Crippen MR) is 161 cm³/mol. The summed E-state index contributed by atoms with van der Waals surface area (Å²) >= 11 is 6.37. The third-order valence-electron chi connectivity index (χ3n) is 6.88. The van der Waals surface area contributed by atoms with Crippen LogP contribution in [0.4, 0.5) is 10.1 Å². The molecule has 1 atom stereocenters. The molecule has 3 rings (SSSR count). The Hall–Kier alpha value is -3.43. The summed E-state index contributed by atoms with van der Waals surface area (Å²) in [6.45, 7) is 7.21. The van der Waals surface area contributed by atoms with Crippen molar-refractivity contribution in [3.63, 3.8) is 0 Å². The van der Waals surface area contributed by atoms with Crippen molar-refractivity contribution in [3.05, 3.63) is 94.3 Å². The maximum Gasteiger partial charge on any atom is 0.264 e. The Kier molecular flexibility index (Phi) is 11.3. The van der Waals surface area contributed by atoms with Crippen molar-refractivity contribution in [2.24, 2.45) is 0 Å². The van der Waals surface area contributed by atoms with E-state index >= 15 is 0 Å². The van der Waals surface area contributed by atoms with Crippen molar-refractivity contribution in [2.45, 2.75) is 64.4 Å². The fourth-order valence-corrected chi connectivity index (χ4v) is 6.07. The van der Waals surface area contributed by atoms with Gasteiger partial charge in [0.05, 0.1) is 10.6 Å². The van der Waals surface area contributed by atoms with Crippen LogP contribution in [0.15, 0.2) is 71.6 Å². The molecule has 0 unspecified atom stereocenters. The molecule has 3 aromatic rings. The molecule has 10 heteroatoms. The van der Waals surface area contributed by atoms with Crippen LogP contribution in [0.1, 0.15) is 49.8 Å². The van der Waals surface area contributed by atoms with Gasteiger partial charge in [0.15, 0.2) is 0 Å². The number of benzene rings is 3. The van der Waals surface area contributed by atoms with E-state index in [4.69, 9.17) is 11.6 Å². The van der Waals surface area contributed by atoms with Gasteiger partial charge in [0.1, 0.15) is 18.4 Å². The maximum absolute atomic E-state index is 14.1. The minimum atomic E-state index is -4.21. The number of carbonyl (C=O) groups is 2. The molecular formula is C31H37ClFN3O4S. The molecule has 0 aliphatic heterocycles. The molecule has 1 N–H and O–H groups in total. The second-order valence-electron chi connectivity index (χ2n) is 9.93. The van der Waals surface area contributed by atoms with Gasteiger partial charge in [0.2, 0.25) is 11.8 Å². The second-order valence-corrected chi connectivity index (χ2v) is 12.2. The lowest BCUT2D eigenvalue weighted by Crippen LogP contribution is -2.52. The van der Waals surface area contributed by atoms with Crippen molar-refractivity contribution in [1.82, 2.24) is 10.2 Å². The van der Waals surface area contributed by atoms with Crippen LogP contribution >= 0.6 is 11.6 Å². The van der Waals surface area contributed by atoms with Gasteiger partial charge in [-0.25, -0.2) is 12.8 Å². The van der Waals surface area contributed by atoms with Gasteiger partial charge in [-0.05, 0) is 74.2 Å². The molecule has 0 spiro atoms. The Morgan fingerprint density at radius 2 is 1.63 bits per heavy atom. The van der Waals surface area contributed by atoms with Crippen LogP contribution in [0.25, 0.3) is 0 Å². The number of halogens is 2. The van der Waals surface area contributed by atoms with Gasteiger partial charge >= 0.3 is 0 Å². The normalized spacial score (nSPS) is 12.0. The molecule has 0 saturated carbocycles. The number of unbranched alkanes of at least 4 members (excludes halogenated alkanes) is 1. The van der Waals surface area contributed by atoms with E-state index in [2.05, 4.69) is 5.32 Å². The number of hydrogen-bond acceptors (Lipinski definition) is 4. The van der Waals surface area contributed by atoms with E-state index in [1.165, 1.54) is 29.2 Å². The molecule has 0 aromatic heterocycles. The lowest BCUT2D eigenvalue weighted by molar-refractivity contribution is -0.140. The van der Waals surface area contributed by atoms with Crippen LogP contribution in [-0.4, -0.2) is 44.3 Å². The summed E-state index contributed by atoms with van der Waals surface area (Å²) in [5.74, 6) is -1.34. The molecule has 0 fully saturated rings. The Labute approximate surface area is 247 Å². The van der Waals surface area contributed by atoms with Gasteiger partial charge in [-0.15, -0.1) is 0 Å². The number of sulfonamides is 1. The van der Waals surface area contributed by atoms with E-state index in [-0.39, 0.29) is 23.0 Å². The molecule has 0 heterocycles. The van der Waals surface area contributed by atoms with Gasteiger partial charge in [-0.3, -0.25) is 13.9 Å². The van der Waals surface area contributed by atoms with Crippen molar-refractivity contribution < 1.29 is 22.4 Å². The van der Waals surface area contributed by atoms with Gasteiger partial charge in [-0.1, -0.05) is 67.8 Å². The summed E-state index contributed by atoms with van der Waals surface area (Å²) < 4.78 is 42.7. The van der Waals surface area contributed by atoms with Gasteiger partial charge < -0.3 is 10.2 Å². The molecule has 0 saturated heterocycles. The highest BCUT2D eigenvalue weighted by Crippen LogP contribution is 2.31. The highest BCUT2D eigenvalue weighted by Gasteiger charge is 2.34. The fourth-order valence-electron chi connectivity index (χ4n) is 4.43. The molecule has 220 valence electrons. The highest BCUT2D eigenvalue weighted by molar-refractivity contribution is 7.92. The van der Waals surface area contributed by atoms with Gasteiger partial charge in [0.25, 0.3) is 10.0 Å². The zero-order valence-corrected chi connectivity index (χ0v) is 25.4. The van der Waals surface area contributed by atoms with Crippen molar-refractivity contribution in [2.75, 3.05) is 17.4 Å². The van der Waals surface area contributed by atoms with Gasteiger partial charge in [-0.2, -0.15) is 0 Å². The molecule has 3 aromatic carbocycles. The summed E-state index contributed by atoms with van der Waals surface area (Å²) in [6, 6.07) is 16.0. The molecule has 0 radical (unpaired) electrons. The van der Waals surface area contributed by atoms with E-state index in [0.29, 0.717) is 29.1 Å². The largest absolute Gasteiger partial charge is 0.354 e. The number of rotatable bonds is 13. The summed E-state index contributed by atoms with van der Waals surface area (Å²) in [4.78, 5) is 28.7. The molecule has 0 aliphatic rings. The molecule has 7 nitrogen and oxygen atoms in total. The molecule has 0 aliphatic carbocycles. The minimum Gasteiger partial charge on any atom is -0.354 e. The third-order valence-corrected chi connectivity index (χ3v) is 9.06. The number of carbonyl (C=O) groups excluding carboxylic acids is 2.